The fourth-order valence-electron chi connectivity index (χ4n) is 6.03. The minimum atomic E-state index is -0.895. The molecule has 8 heteroatoms. The number of nitrogens with zero attached hydrogens (tertiary/aromatic N) is 2. The molecule has 3 aliphatic heterocycles. The number of carbonyl (C=O) groups excluding carboxylic acids is 3. The van der Waals surface area contributed by atoms with Gasteiger partial charge in [-0.1, -0.05) is 25.8 Å². The van der Waals surface area contributed by atoms with Crippen molar-refractivity contribution in [3.8, 4) is 11.5 Å². The number of nitrogens with one attached hydrogen (secondary N) is 1. The molecule has 1 atom stereocenters. The molecular weight excluding hydrogens is 422 g/mol. The van der Waals surface area contributed by atoms with Gasteiger partial charge in [0.1, 0.15) is 5.54 Å². The van der Waals surface area contributed by atoms with Crippen LogP contribution in [0.1, 0.15) is 63.9 Å². The van der Waals surface area contributed by atoms with E-state index in [9.17, 15) is 14.4 Å². The van der Waals surface area contributed by atoms with E-state index in [-0.39, 0.29) is 37.1 Å². The second-order valence-electron chi connectivity index (χ2n) is 9.84. The van der Waals surface area contributed by atoms with Crippen molar-refractivity contribution >= 4 is 17.8 Å². The van der Waals surface area contributed by atoms with Crippen molar-refractivity contribution in [3.63, 3.8) is 0 Å². The van der Waals surface area contributed by atoms with Crippen LogP contribution in [0.25, 0.3) is 0 Å². The van der Waals surface area contributed by atoms with Crippen LogP contribution in [0.4, 0.5) is 4.79 Å². The Labute approximate surface area is 194 Å². The molecule has 3 fully saturated rings. The van der Waals surface area contributed by atoms with Crippen LogP contribution in [0, 0.1) is 11.8 Å². The summed E-state index contributed by atoms with van der Waals surface area (Å²) < 4.78 is 10.8. The summed E-state index contributed by atoms with van der Waals surface area (Å²) in [5.74, 6) is 1.96. The Balaban J connectivity index is 1.23. The van der Waals surface area contributed by atoms with Gasteiger partial charge in [0.2, 0.25) is 12.7 Å². The molecule has 2 saturated heterocycles. The fourth-order valence-corrected chi connectivity index (χ4v) is 6.03. The minimum absolute atomic E-state index is 0.0243. The first kappa shape index (κ1) is 22.0. The van der Waals surface area contributed by atoms with E-state index in [1.54, 1.807) is 0 Å². The summed E-state index contributed by atoms with van der Waals surface area (Å²) in [4.78, 5) is 42.5. The highest BCUT2D eigenvalue weighted by atomic mass is 16.7. The van der Waals surface area contributed by atoms with Crippen LogP contribution in [-0.4, -0.2) is 53.1 Å². The Hall–Kier alpha value is -2.77. The molecule has 178 valence electrons. The normalized spacial score (nSPS) is 25.7. The molecule has 1 aliphatic carbocycles. The molecule has 8 nitrogen and oxygen atoms in total. The number of carbonyl (C=O) groups is 3. The lowest BCUT2D eigenvalue weighted by Crippen LogP contribution is -2.56. The lowest BCUT2D eigenvalue weighted by atomic mass is 9.75. The molecule has 0 bridgehead atoms. The monoisotopic (exact) mass is 455 g/mol. The number of imide groups is 1. The van der Waals surface area contributed by atoms with Gasteiger partial charge in [-0.2, -0.15) is 0 Å². The first-order valence-corrected chi connectivity index (χ1v) is 12.3. The van der Waals surface area contributed by atoms with Gasteiger partial charge in [-0.15, -0.1) is 0 Å². The van der Waals surface area contributed by atoms with Crippen molar-refractivity contribution in [3.05, 3.63) is 23.8 Å². The predicted molar refractivity (Wildman–Crippen MR) is 121 cm³/mol. The number of urea groups is 1. The fraction of sp³-hybridized carbons (Fsp3) is 0.640. The molecule has 1 aromatic rings. The third-order valence-electron chi connectivity index (χ3n) is 8.02. The van der Waals surface area contributed by atoms with E-state index in [1.807, 2.05) is 30.0 Å². The number of hydrogen-bond acceptors (Lipinski definition) is 5. The van der Waals surface area contributed by atoms with Crippen LogP contribution in [0.3, 0.4) is 0 Å². The number of benzene rings is 1. The van der Waals surface area contributed by atoms with Gasteiger partial charge in [0, 0.05) is 19.5 Å². The highest BCUT2D eigenvalue weighted by Crippen LogP contribution is 2.38. The standard InChI is InChI=1S/C25H33N3O5/c1-2-25(19-9-11-27(12-10-19)22(29)14-17-5-3-4-6-17)23(30)28(24(31)26-25)15-18-7-8-20-21(13-18)33-16-32-20/h7-8,13,17,19H,2-6,9-12,14-16H2,1H3,(H,26,31). The van der Waals surface area contributed by atoms with Gasteiger partial charge in [0.25, 0.3) is 5.91 Å². The van der Waals surface area contributed by atoms with Gasteiger partial charge >= 0.3 is 6.03 Å². The van der Waals surface area contributed by atoms with Crippen molar-refractivity contribution in [2.24, 2.45) is 11.8 Å². The van der Waals surface area contributed by atoms with Gasteiger partial charge in [-0.25, -0.2) is 4.79 Å². The molecule has 0 radical (unpaired) electrons. The summed E-state index contributed by atoms with van der Waals surface area (Å²) in [5.41, 5.74) is -0.0735. The zero-order valence-electron chi connectivity index (χ0n) is 19.3. The van der Waals surface area contributed by atoms with E-state index < -0.39 is 5.54 Å². The summed E-state index contributed by atoms with van der Waals surface area (Å²) in [6, 6.07) is 5.14. The molecule has 1 aromatic carbocycles. The maximum absolute atomic E-state index is 13.6. The Kier molecular flexibility index (Phi) is 5.93. The van der Waals surface area contributed by atoms with Crippen molar-refractivity contribution in [2.45, 2.75) is 70.4 Å². The van der Waals surface area contributed by atoms with Crippen molar-refractivity contribution in [1.82, 2.24) is 15.1 Å². The third kappa shape index (κ3) is 4.04. The van der Waals surface area contributed by atoms with Gasteiger partial charge in [-0.3, -0.25) is 14.5 Å². The van der Waals surface area contributed by atoms with Gasteiger partial charge in [-0.05, 0) is 61.6 Å². The van der Waals surface area contributed by atoms with Crippen LogP contribution < -0.4 is 14.8 Å². The average Bonchev–Trinajstić information content (AvgIpc) is 3.56. The minimum Gasteiger partial charge on any atom is -0.454 e. The molecule has 4 amide bonds. The largest absolute Gasteiger partial charge is 0.454 e. The molecule has 1 saturated carbocycles. The first-order valence-electron chi connectivity index (χ1n) is 12.3. The molecule has 3 heterocycles. The average molecular weight is 456 g/mol. The van der Waals surface area contributed by atoms with Crippen LogP contribution in [-0.2, 0) is 16.1 Å². The van der Waals surface area contributed by atoms with Crippen LogP contribution in [0.15, 0.2) is 18.2 Å². The highest BCUT2D eigenvalue weighted by Gasteiger charge is 2.55. The Morgan fingerprint density at radius 3 is 2.55 bits per heavy atom. The lowest BCUT2D eigenvalue weighted by molar-refractivity contribution is -0.136. The molecule has 1 unspecified atom stereocenters. The zero-order valence-corrected chi connectivity index (χ0v) is 19.3. The molecular formula is C25H33N3O5. The van der Waals surface area contributed by atoms with Gasteiger partial charge in [0.15, 0.2) is 11.5 Å². The van der Waals surface area contributed by atoms with Crippen LogP contribution >= 0.6 is 0 Å². The van der Waals surface area contributed by atoms with E-state index in [1.165, 1.54) is 30.6 Å². The summed E-state index contributed by atoms with van der Waals surface area (Å²) in [5, 5.41) is 3.04. The predicted octanol–water partition coefficient (Wildman–Crippen LogP) is 3.43. The van der Waals surface area contributed by atoms with Crippen molar-refractivity contribution in [1.29, 1.82) is 0 Å². The Morgan fingerprint density at radius 2 is 1.82 bits per heavy atom. The maximum Gasteiger partial charge on any atom is 0.325 e. The first-order chi connectivity index (χ1) is 16.0. The third-order valence-corrected chi connectivity index (χ3v) is 8.02. The Morgan fingerprint density at radius 1 is 1.09 bits per heavy atom. The number of ether oxygens (including phenoxy) is 2. The number of likely N-dealkylation sites (tertiary alicyclic amines) is 1. The second-order valence-corrected chi connectivity index (χ2v) is 9.84. The van der Waals surface area contributed by atoms with E-state index in [0.29, 0.717) is 43.3 Å². The van der Waals surface area contributed by atoms with E-state index in [0.717, 1.165) is 18.4 Å². The number of hydrogen-bond donors (Lipinski definition) is 1. The number of rotatable bonds is 6. The second kappa shape index (κ2) is 8.88. The Bertz CT molecular complexity index is 936. The van der Waals surface area contributed by atoms with Crippen molar-refractivity contribution in [2.75, 3.05) is 19.9 Å². The molecule has 0 aromatic heterocycles. The smallest absolute Gasteiger partial charge is 0.325 e. The molecule has 1 N–H and O–H groups in total. The number of piperidine rings is 1. The summed E-state index contributed by atoms with van der Waals surface area (Å²) >= 11 is 0. The van der Waals surface area contributed by atoms with Crippen LogP contribution in [0.2, 0.25) is 0 Å². The summed E-state index contributed by atoms with van der Waals surface area (Å²) in [6.07, 6.45) is 7.47. The van der Waals surface area contributed by atoms with E-state index >= 15 is 0 Å². The quantitative estimate of drug-likeness (QED) is 0.664. The summed E-state index contributed by atoms with van der Waals surface area (Å²) in [6.45, 7) is 3.65. The molecule has 33 heavy (non-hydrogen) atoms. The SMILES string of the molecule is CCC1(C2CCN(C(=O)CC3CCCC3)CC2)NC(=O)N(Cc2ccc3c(c2)OCO3)C1=O. The maximum atomic E-state index is 13.6. The van der Waals surface area contributed by atoms with Gasteiger partial charge in [0.05, 0.1) is 6.54 Å². The topological polar surface area (TPSA) is 88.2 Å². The number of fused-ring (bicyclic) bond motifs is 1. The van der Waals surface area contributed by atoms with Gasteiger partial charge < -0.3 is 19.7 Å². The molecule has 5 rings (SSSR count). The van der Waals surface area contributed by atoms with Crippen LogP contribution in [0.5, 0.6) is 11.5 Å². The van der Waals surface area contributed by atoms with E-state index in [4.69, 9.17) is 9.47 Å². The summed E-state index contributed by atoms with van der Waals surface area (Å²) in [7, 11) is 0. The molecule has 4 aliphatic rings. The van der Waals surface area contributed by atoms with Crippen molar-refractivity contribution < 1.29 is 23.9 Å². The zero-order chi connectivity index (χ0) is 23.0. The lowest BCUT2D eigenvalue weighted by Gasteiger charge is -2.40. The highest BCUT2D eigenvalue weighted by molar-refractivity contribution is 6.07. The molecule has 0 spiro atoms. The number of amides is 4. The van der Waals surface area contributed by atoms with E-state index in [2.05, 4.69) is 5.32 Å².